The highest BCUT2D eigenvalue weighted by Gasteiger charge is 2.31. The highest BCUT2D eigenvalue weighted by Crippen LogP contribution is 2.28. The molecule has 7 heteroatoms. The summed E-state index contributed by atoms with van der Waals surface area (Å²) >= 11 is 0. The Labute approximate surface area is 144 Å². The van der Waals surface area contributed by atoms with Crippen LogP contribution in [0.3, 0.4) is 0 Å². The Kier molecular flexibility index (Phi) is 3.91. The third-order valence-electron chi connectivity index (χ3n) is 4.67. The lowest BCUT2D eigenvalue weighted by Gasteiger charge is -2.17. The number of carbonyl (C=O) groups excluding carboxylic acids is 2. The van der Waals surface area contributed by atoms with Gasteiger partial charge in [-0.2, -0.15) is 0 Å². The van der Waals surface area contributed by atoms with Gasteiger partial charge < -0.3 is 19.9 Å². The van der Waals surface area contributed by atoms with E-state index in [0.29, 0.717) is 17.4 Å². The summed E-state index contributed by atoms with van der Waals surface area (Å²) in [5, 5.41) is 9.48. The van der Waals surface area contributed by atoms with Crippen LogP contribution in [0.25, 0.3) is 0 Å². The molecule has 0 spiro atoms. The minimum Gasteiger partial charge on any atom is -0.489 e. The second-order valence-electron chi connectivity index (χ2n) is 6.61. The van der Waals surface area contributed by atoms with E-state index >= 15 is 0 Å². The molecule has 7 nitrogen and oxygen atoms in total. The second kappa shape index (κ2) is 6.23. The third kappa shape index (κ3) is 2.97. The molecule has 0 radical (unpaired) electrons. The molecule has 0 saturated heterocycles. The first-order valence-electron chi connectivity index (χ1n) is 8.43. The minimum absolute atomic E-state index is 0.0569. The highest BCUT2D eigenvalue weighted by molar-refractivity contribution is 6.01. The molecule has 1 aliphatic heterocycles. The van der Waals surface area contributed by atoms with Crippen molar-refractivity contribution in [3.63, 3.8) is 0 Å². The zero-order chi connectivity index (χ0) is 17.4. The van der Waals surface area contributed by atoms with E-state index in [2.05, 4.69) is 22.7 Å². The fourth-order valence-corrected chi connectivity index (χ4v) is 3.26. The van der Waals surface area contributed by atoms with Crippen LogP contribution in [0.4, 0.5) is 5.69 Å². The van der Waals surface area contributed by atoms with E-state index in [1.165, 1.54) is 0 Å². The van der Waals surface area contributed by atoms with Gasteiger partial charge in [0.1, 0.15) is 18.4 Å². The van der Waals surface area contributed by atoms with Crippen LogP contribution in [0.1, 0.15) is 35.2 Å². The van der Waals surface area contributed by atoms with Crippen LogP contribution in [-0.4, -0.2) is 29.6 Å². The van der Waals surface area contributed by atoms with E-state index in [1.54, 1.807) is 12.1 Å². The Balaban J connectivity index is 1.50. The number of ether oxygens (including phenoxy) is 1. The topological polar surface area (TPSA) is 93.5 Å². The van der Waals surface area contributed by atoms with Gasteiger partial charge in [0, 0.05) is 5.56 Å². The number of hydrogen-bond donors (Lipinski definition) is 2. The number of anilines is 1. The average Bonchev–Trinajstić information content (AvgIpc) is 2.95. The van der Waals surface area contributed by atoms with Crippen molar-refractivity contribution in [1.29, 1.82) is 0 Å². The van der Waals surface area contributed by atoms with Gasteiger partial charge in [-0.05, 0) is 37.3 Å². The molecule has 1 aromatic carbocycles. The summed E-state index contributed by atoms with van der Waals surface area (Å²) in [4.78, 5) is 25.0. The van der Waals surface area contributed by atoms with Gasteiger partial charge in [-0.1, -0.05) is 24.2 Å². The lowest BCUT2D eigenvalue weighted by molar-refractivity contribution is -0.118. The molecule has 25 heavy (non-hydrogen) atoms. The molecule has 2 aliphatic rings. The monoisotopic (exact) mass is 341 g/mol. The van der Waals surface area contributed by atoms with Gasteiger partial charge in [0.05, 0.1) is 11.4 Å². The van der Waals surface area contributed by atoms with Gasteiger partial charge in [-0.3, -0.25) is 9.59 Å². The van der Waals surface area contributed by atoms with Crippen molar-refractivity contribution in [1.82, 2.24) is 10.5 Å². The Bertz CT molecular complexity index is 829. The molecular formula is C18H19N3O4. The summed E-state index contributed by atoms with van der Waals surface area (Å²) in [5.41, 5.74) is 2.29. The van der Waals surface area contributed by atoms with E-state index in [4.69, 9.17) is 9.26 Å². The number of aryl methyl sites for hydroxylation is 1. The molecule has 0 fully saturated rings. The van der Waals surface area contributed by atoms with Crippen LogP contribution >= 0.6 is 0 Å². The van der Waals surface area contributed by atoms with Gasteiger partial charge in [-0.15, -0.1) is 0 Å². The normalized spacial score (nSPS) is 22.0. The number of para-hydroxylation sites is 2. The lowest BCUT2D eigenvalue weighted by Crippen LogP contribution is -2.46. The average molecular weight is 341 g/mol. The molecule has 2 atom stereocenters. The van der Waals surface area contributed by atoms with Crippen molar-refractivity contribution < 1.29 is 18.8 Å². The summed E-state index contributed by atoms with van der Waals surface area (Å²) in [7, 11) is 0. The molecule has 2 N–H and O–H groups in total. The van der Waals surface area contributed by atoms with Crippen LogP contribution in [0.2, 0.25) is 0 Å². The van der Waals surface area contributed by atoms with Gasteiger partial charge in [0.25, 0.3) is 11.8 Å². The largest absolute Gasteiger partial charge is 0.489 e. The highest BCUT2D eigenvalue weighted by atomic mass is 16.5. The third-order valence-corrected chi connectivity index (χ3v) is 4.67. The number of hydrogen-bond acceptors (Lipinski definition) is 5. The standard InChI is InChI=1S/C18H19N3O4/c1-10-6-7-12-11(8-10)16(25-21-12)18(23)20-14-9-24-15-5-3-2-4-13(15)19-17(14)22/h2-5,10,14H,6-9H2,1H3,(H,19,22)(H,20,23)/t10?,14-/m0/s1. The molecule has 2 amide bonds. The SMILES string of the molecule is CC1CCc2noc(C(=O)N[C@H]3COc4ccccc4NC3=O)c2C1. The summed E-state index contributed by atoms with van der Waals surface area (Å²) < 4.78 is 10.9. The number of benzene rings is 1. The summed E-state index contributed by atoms with van der Waals surface area (Å²) in [6.07, 6.45) is 2.62. The van der Waals surface area contributed by atoms with Crippen molar-refractivity contribution in [2.75, 3.05) is 11.9 Å². The van der Waals surface area contributed by atoms with Crippen LogP contribution in [0.5, 0.6) is 5.75 Å². The minimum atomic E-state index is -0.804. The predicted octanol–water partition coefficient (Wildman–Crippen LogP) is 1.93. The fraction of sp³-hybridized carbons (Fsp3) is 0.389. The van der Waals surface area contributed by atoms with E-state index in [0.717, 1.165) is 30.5 Å². The number of amides is 2. The molecule has 1 aliphatic carbocycles. The molecule has 4 rings (SSSR count). The van der Waals surface area contributed by atoms with Gasteiger partial charge >= 0.3 is 0 Å². The molecule has 0 saturated carbocycles. The molecule has 2 aromatic rings. The van der Waals surface area contributed by atoms with Crippen LogP contribution in [0, 0.1) is 5.92 Å². The quantitative estimate of drug-likeness (QED) is 0.870. The number of nitrogens with one attached hydrogen (secondary N) is 2. The van der Waals surface area contributed by atoms with Crippen molar-refractivity contribution in [3.05, 3.63) is 41.3 Å². The Morgan fingerprint density at radius 1 is 1.36 bits per heavy atom. The molecule has 1 aromatic heterocycles. The Hall–Kier alpha value is -2.83. The van der Waals surface area contributed by atoms with Gasteiger partial charge in [0.15, 0.2) is 0 Å². The lowest BCUT2D eigenvalue weighted by atomic mass is 9.88. The molecule has 0 bridgehead atoms. The number of fused-ring (bicyclic) bond motifs is 2. The summed E-state index contributed by atoms with van der Waals surface area (Å²) in [5.74, 6) is 0.518. The summed E-state index contributed by atoms with van der Waals surface area (Å²) in [6, 6.07) is 6.36. The number of nitrogens with zero attached hydrogens (tertiary/aromatic N) is 1. The van der Waals surface area contributed by atoms with Gasteiger partial charge in [-0.25, -0.2) is 0 Å². The zero-order valence-electron chi connectivity index (χ0n) is 13.9. The van der Waals surface area contributed by atoms with Crippen LogP contribution < -0.4 is 15.4 Å². The maximum absolute atomic E-state index is 12.6. The molecule has 2 heterocycles. The first-order chi connectivity index (χ1) is 12.1. The number of aromatic nitrogens is 1. The van der Waals surface area contributed by atoms with Crippen LogP contribution in [-0.2, 0) is 17.6 Å². The molecular weight excluding hydrogens is 322 g/mol. The maximum atomic E-state index is 12.6. The number of rotatable bonds is 2. The van der Waals surface area contributed by atoms with Crippen molar-refractivity contribution in [2.24, 2.45) is 5.92 Å². The predicted molar refractivity (Wildman–Crippen MR) is 89.5 cm³/mol. The van der Waals surface area contributed by atoms with E-state index < -0.39 is 11.9 Å². The molecule has 1 unspecified atom stereocenters. The fourth-order valence-electron chi connectivity index (χ4n) is 3.26. The maximum Gasteiger partial charge on any atom is 0.290 e. The van der Waals surface area contributed by atoms with E-state index in [1.807, 2.05) is 12.1 Å². The number of carbonyl (C=O) groups is 2. The van der Waals surface area contributed by atoms with Crippen molar-refractivity contribution in [3.8, 4) is 5.75 Å². The summed E-state index contributed by atoms with van der Waals surface area (Å²) in [6.45, 7) is 2.20. The van der Waals surface area contributed by atoms with Gasteiger partial charge in [0.2, 0.25) is 5.76 Å². The Morgan fingerprint density at radius 2 is 2.20 bits per heavy atom. The Morgan fingerprint density at radius 3 is 3.08 bits per heavy atom. The van der Waals surface area contributed by atoms with Crippen molar-refractivity contribution in [2.45, 2.75) is 32.2 Å². The van der Waals surface area contributed by atoms with E-state index in [9.17, 15) is 9.59 Å². The van der Waals surface area contributed by atoms with Crippen LogP contribution in [0.15, 0.2) is 28.8 Å². The zero-order valence-corrected chi connectivity index (χ0v) is 13.9. The van der Waals surface area contributed by atoms with Crippen molar-refractivity contribution >= 4 is 17.5 Å². The molecule has 130 valence electrons. The first kappa shape index (κ1) is 15.7. The second-order valence-corrected chi connectivity index (χ2v) is 6.61. The first-order valence-corrected chi connectivity index (χ1v) is 8.43. The van der Waals surface area contributed by atoms with E-state index in [-0.39, 0.29) is 18.3 Å². The smallest absolute Gasteiger partial charge is 0.290 e.